The molecule has 1 aliphatic heterocycles. The molecule has 2 heterocycles. The van der Waals surface area contributed by atoms with Crippen LogP contribution in [0.4, 0.5) is 0 Å². The van der Waals surface area contributed by atoms with Crippen molar-refractivity contribution in [3.63, 3.8) is 0 Å². The van der Waals surface area contributed by atoms with Gasteiger partial charge in [0.1, 0.15) is 18.1 Å². The number of nitrogens with one attached hydrogen (secondary N) is 1. The van der Waals surface area contributed by atoms with E-state index in [1.807, 2.05) is 91.8 Å². The van der Waals surface area contributed by atoms with Crippen molar-refractivity contribution in [2.45, 2.75) is 105 Å². The summed E-state index contributed by atoms with van der Waals surface area (Å²) >= 11 is 0. The molecule has 0 radical (unpaired) electrons. The number of amides is 2. The molecule has 0 spiro atoms. The highest BCUT2D eigenvalue weighted by atomic mass is 16.2. The third-order valence-electron chi connectivity index (χ3n) is 8.49. The van der Waals surface area contributed by atoms with Crippen LogP contribution in [-0.2, 0) is 32.8 Å². The van der Waals surface area contributed by atoms with Gasteiger partial charge in [-0.3, -0.25) is 14.4 Å². The van der Waals surface area contributed by atoms with E-state index in [0.29, 0.717) is 30.7 Å². The maximum absolute atomic E-state index is 14.6. The van der Waals surface area contributed by atoms with E-state index in [2.05, 4.69) is 32.9 Å². The highest BCUT2D eigenvalue weighted by Crippen LogP contribution is 2.37. The first-order valence-electron chi connectivity index (χ1n) is 15.8. The predicted octanol–water partition coefficient (Wildman–Crippen LogP) is 5.30. The lowest BCUT2D eigenvalue weighted by molar-refractivity contribution is -0.157. The van der Waals surface area contributed by atoms with E-state index >= 15 is 0 Å². The summed E-state index contributed by atoms with van der Waals surface area (Å²) in [5.74, 6) is 0.115. The first-order valence-corrected chi connectivity index (χ1v) is 15.8. The number of carbonyl (C=O) groups is 3. The summed E-state index contributed by atoms with van der Waals surface area (Å²) in [4.78, 5) is 45.9. The van der Waals surface area contributed by atoms with Gasteiger partial charge in [-0.2, -0.15) is 4.80 Å². The van der Waals surface area contributed by atoms with Crippen molar-refractivity contribution < 1.29 is 14.4 Å². The molecule has 2 aliphatic rings. The number of Topliss-reactive ketones (excluding diaryl/α,β-unsaturated/α-hetero) is 1. The van der Waals surface area contributed by atoms with E-state index in [4.69, 9.17) is 0 Å². The summed E-state index contributed by atoms with van der Waals surface area (Å²) in [6.07, 6.45) is 2.16. The van der Waals surface area contributed by atoms with Crippen LogP contribution in [0.5, 0.6) is 0 Å². The van der Waals surface area contributed by atoms with Crippen molar-refractivity contribution in [3.8, 4) is 11.4 Å². The van der Waals surface area contributed by atoms with E-state index in [9.17, 15) is 14.4 Å². The average Bonchev–Trinajstić information content (AvgIpc) is 3.59. The van der Waals surface area contributed by atoms with Gasteiger partial charge in [0, 0.05) is 12.0 Å². The molecule has 9 nitrogen and oxygen atoms in total. The summed E-state index contributed by atoms with van der Waals surface area (Å²) in [6, 6.07) is 13.3. The maximum atomic E-state index is 14.6. The number of piperazine rings is 1. The Bertz CT molecular complexity index is 1500. The van der Waals surface area contributed by atoms with Crippen molar-refractivity contribution in [1.82, 2.24) is 30.4 Å². The third kappa shape index (κ3) is 6.61. The maximum Gasteiger partial charge on any atom is 0.247 e. The zero-order valence-electron chi connectivity index (χ0n) is 27.3. The molecule has 1 N–H and O–H groups in total. The van der Waals surface area contributed by atoms with Gasteiger partial charge in [-0.15, -0.1) is 10.2 Å². The Hall–Kier alpha value is -3.88. The molecule has 1 saturated heterocycles. The zero-order valence-corrected chi connectivity index (χ0v) is 27.3. The molecule has 0 unspecified atom stereocenters. The number of benzene rings is 2. The average molecular weight is 599 g/mol. The number of nitrogens with zero attached hydrogens (tertiary/aromatic N) is 5. The largest absolute Gasteiger partial charge is 0.342 e. The van der Waals surface area contributed by atoms with Gasteiger partial charge in [0.25, 0.3) is 0 Å². The zero-order chi connectivity index (χ0) is 32.0. The van der Waals surface area contributed by atoms with Crippen LogP contribution in [0.25, 0.3) is 11.4 Å². The Balaban J connectivity index is 1.54. The van der Waals surface area contributed by atoms with Crippen LogP contribution in [0.15, 0.2) is 48.5 Å². The molecule has 1 fully saturated rings. The highest BCUT2D eigenvalue weighted by molar-refractivity contribution is 6.00. The van der Waals surface area contributed by atoms with Crippen molar-refractivity contribution in [1.29, 1.82) is 0 Å². The van der Waals surface area contributed by atoms with Crippen LogP contribution >= 0.6 is 0 Å². The van der Waals surface area contributed by atoms with Crippen LogP contribution < -0.4 is 5.32 Å². The van der Waals surface area contributed by atoms with Crippen LogP contribution in [0.1, 0.15) is 91.0 Å². The number of ketones is 1. The number of hydrogen-bond acceptors (Lipinski definition) is 6. The summed E-state index contributed by atoms with van der Waals surface area (Å²) in [7, 11) is 0. The van der Waals surface area contributed by atoms with Gasteiger partial charge < -0.3 is 10.2 Å². The molecule has 5 rings (SSSR count). The van der Waals surface area contributed by atoms with Crippen molar-refractivity contribution in [2.24, 2.45) is 17.3 Å². The minimum absolute atomic E-state index is 0.0661. The molecule has 2 aromatic carbocycles. The molecule has 1 aromatic heterocycles. The molecule has 1 aliphatic carbocycles. The minimum Gasteiger partial charge on any atom is -0.342 e. The lowest BCUT2D eigenvalue weighted by Crippen LogP contribution is -2.66. The standard InChI is InChI=1S/C35H46N6O3/c1-21(2)17-27-32(43)36-29(26-18-24-11-9-10-12-25(24)19-26)33(44)40(27)30(28(42)20-34(3,4)5)22-13-15-23(16-14-22)31-37-39-41(38-31)35(6,7)8/h9-16,21,26-27,29-30H,17-20H2,1-8H3,(H,36,43)/t27-,29-,30-/m1/s1. The van der Waals surface area contributed by atoms with E-state index in [1.165, 1.54) is 11.1 Å². The lowest BCUT2D eigenvalue weighted by Gasteiger charge is -2.45. The SMILES string of the molecule is CC(C)C[C@@H]1C(=O)N[C@H](C2Cc3ccccc3C2)C(=O)N1[C@@H](C(=O)CC(C)(C)C)c1ccc(-c2nnn(C(C)(C)C)n2)cc1. The van der Waals surface area contributed by atoms with Crippen LogP contribution in [0.2, 0.25) is 0 Å². The number of aromatic nitrogens is 4. The van der Waals surface area contributed by atoms with E-state index < -0.39 is 18.1 Å². The van der Waals surface area contributed by atoms with Gasteiger partial charge in [0.15, 0.2) is 5.78 Å². The number of fused-ring (bicyclic) bond motifs is 1. The van der Waals surface area contributed by atoms with Crippen molar-refractivity contribution >= 4 is 17.6 Å². The Morgan fingerprint density at radius 1 is 0.955 bits per heavy atom. The molecule has 0 saturated carbocycles. The van der Waals surface area contributed by atoms with Gasteiger partial charge >= 0.3 is 0 Å². The normalized spacial score (nSPS) is 20.2. The second kappa shape index (κ2) is 11.9. The minimum atomic E-state index is -0.893. The summed E-state index contributed by atoms with van der Waals surface area (Å²) < 4.78 is 0. The number of hydrogen-bond donors (Lipinski definition) is 1. The molecule has 3 atom stereocenters. The first-order chi connectivity index (χ1) is 20.6. The second-order valence-corrected chi connectivity index (χ2v) is 15.1. The summed E-state index contributed by atoms with van der Waals surface area (Å²) in [5, 5.41) is 16.1. The van der Waals surface area contributed by atoms with Gasteiger partial charge in [0.05, 0.1) is 5.54 Å². The summed E-state index contributed by atoms with van der Waals surface area (Å²) in [6.45, 7) is 16.1. The molecule has 44 heavy (non-hydrogen) atoms. The molecule has 9 heteroatoms. The van der Waals surface area contributed by atoms with Crippen LogP contribution in [0, 0.1) is 17.3 Å². The molecular formula is C35H46N6O3. The predicted molar refractivity (Wildman–Crippen MR) is 169 cm³/mol. The quantitative estimate of drug-likeness (QED) is 0.377. The lowest BCUT2D eigenvalue weighted by atomic mass is 9.83. The van der Waals surface area contributed by atoms with Gasteiger partial charge in [0.2, 0.25) is 17.6 Å². The van der Waals surface area contributed by atoms with E-state index in [-0.39, 0.29) is 46.8 Å². The molecule has 0 bridgehead atoms. The molecule has 3 aromatic rings. The van der Waals surface area contributed by atoms with Gasteiger partial charge in [-0.05, 0) is 79.2 Å². The molecule has 234 valence electrons. The van der Waals surface area contributed by atoms with Crippen LogP contribution in [-0.4, -0.2) is 54.8 Å². The Kier molecular flexibility index (Phi) is 8.53. The van der Waals surface area contributed by atoms with Gasteiger partial charge in [-0.25, -0.2) is 0 Å². The third-order valence-corrected chi connectivity index (χ3v) is 8.49. The number of rotatable bonds is 8. The fraction of sp³-hybridized carbons (Fsp3) is 0.543. The van der Waals surface area contributed by atoms with E-state index in [0.717, 1.165) is 5.56 Å². The fourth-order valence-electron chi connectivity index (χ4n) is 6.42. The highest BCUT2D eigenvalue weighted by Gasteiger charge is 2.49. The Morgan fingerprint density at radius 3 is 2.09 bits per heavy atom. The number of carbonyl (C=O) groups excluding carboxylic acids is 3. The number of tetrazole rings is 1. The fourth-order valence-corrected chi connectivity index (χ4v) is 6.42. The monoisotopic (exact) mass is 598 g/mol. The van der Waals surface area contributed by atoms with Crippen LogP contribution in [0.3, 0.4) is 0 Å². The smallest absolute Gasteiger partial charge is 0.247 e. The first kappa shape index (κ1) is 31.5. The molecular weight excluding hydrogens is 552 g/mol. The summed E-state index contributed by atoms with van der Waals surface area (Å²) in [5.41, 5.74) is 3.25. The van der Waals surface area contributed by atoms with E-state index in [1.54, 1.807) is 9.70 Å². The Morgan fingerprint density at radius 2 is 1.57 bits per heavy atom. The van der Waals surface area contributed by atoms with Gasteiger partial charge in [-0.1, -0.05) is 83.1 Å². The van der Waals surface area contributed by atoms with Crippen molar-refractivity contribution in [3.05, 3.63) is 65.2 Å². The molecule has 2 amide bonds. The van der Waals surface area contributed by atoms with Crippen molar-refractivity contribution in [2.75, 3.05) is 0 Å². The second-order valence-electron chi connectivity index (χ2n) is 15.1. The Labute approximate surface area is 260 Å². The topological polar surface area (TPSA) is 110 Å².